The maximum absolute atomic E-state index is 6.03. The van der Waals surface area contributed by atoms with Gasteiger partial charge in [-0.1, -0.05) is 24.1 Å². The third kappa shape index (κ3) is 3.50. The molecule has 1 aliphatic rings. The molecule has 0 atom stereocenters. The van der Waals surface area contributed by atoms with E-state index < -0.39 is 0 Å². The Kier molecular flexibility index (Phi) is 4.46. The maximum atomic E-state index is 6.03. The number of aromatic nitrogens is 1. The quantitative estimate of drug-likeness (QED) is 0.481. The summed E-state index contributed by atoms with van der Waals surface area (Å²) in [5.74, 6) is 2.45. The normalized spacial score (nSPS) is 20.4. The summed E-state index contributed by atoms with van der Waals surface area (Å²) in [4.78, 5) is 0. The first-order valence-corrected chi connectivity index (χ1v) is 7.15. The molecule has 0 spiro atoms. The predicted octanol–water partition coefficient (Wildman–Crippen LogP) is 2.53. The van der Waals surface area contributed by atoms with Crippen molar-refractivity contribution in [2.45, 2.75) is 45.4 Å². The van der Waals surface area contributed by atoms with Gasteiger partial charge in [0.25, 0.3) is 0 Å². The van der Waals surface area contributed by atoms with E-state index in [1.54, 1.807) is 6.08 Å². The maximum Gasteiger partial charge on any atom is 0.496 e. The largest absolute Gasteiger partial charge is 0.496 e. The van der Waals surface area contributed by atoms with Crippen molar-refractivity contribution in [1.82, 2.24) is 4.57 Å². The van der Waals surface area contributed by atoms with E-state index in [4.69, 9.17) is 15.7 Å². The van der Waals surface area contributed by atoms with E-state index in [0.717, 1.165) is 12.0 Å². The minimum absolute atomic E-state index is 0.304. The van der Waals surface area contributed by atoms with Crippen LogP contribution in [0.4, 0.5) is 0 Å². The van der Waals surface area contributed by atoms with Crippen LogP contribution in [0.3, 0.4) is 0 Å². The van der Waals surface area contributed by atoms with Crippen molar-refractivity contribution in [1.29, 1.82) is 0 Å². The molecule has 1 saturated heterocycles. The Balaban J connectivity index is 2.00. The Morgan fingerprint density at radius 1 is 1.24 bits per heavy atom. The number of hydrogen-bond acceptors (Lipinski definition) is 2. The Hall–Kier alpha value is -1.70. The summed E-state index contributed by atoms with van der Waals surface area (Å²) >= 11 is 0. The third-order valence-corrected chi connectivity index (χ3v) is 4.05. The fraction of sp³-hybridized carbons (Fsp3) is 0.412. The predicted molar refractivity (Wildman–Crippen MR) is 87.3 cm³/mol. The molecule has 2 rings (SSSR count). The van der Waals surface area contributed by atoms with Gasteiger partial charge in [-0.05, 0) is 39.8 Å². The Labute approximate surface area is 127 Å². The highest BCUT2D eigenvalue weighted by Gasteiger charge is 2.51. The summed E-state index contributed by atoms with van der Waals surface area (Å²) < 4.78 is 14.2. The molecule has 1 fully saturated rings. The molecule has 0 saturated carbocycles. The number of nitrogens with zero attached hydrogens (tertiary/aromatic N) is 1. The average molecular weight is 283 g/mol. The van der Waals surface area contributed by atoms with Crippen molar-refractivity contribution in [3.05, 3.63) is 42.8 Å². The minimum Gasteiger partial charge on any atom is -0.399 e. The fourth-order valence-electron chi connectivity index (χ4n) is 2.06. The standard InChI is InChI=1S/C17H22BNO2/c1-6-7-8-9-10-12-19-13-11-15(14-19)18-20-16(2,3)17(4,5)21-18/h1,7-11,13-14H,12H2,2-5H3/b8-7-,10-9-. The van der Waals surface area contributed by atoms with Crippen LogP contribution in [0, 0.1) is 12.3 Å². The molecule has 2 heterocycles. The van der Waals surface area contributed by atoms with Gasteiger partial charge in [0.2, 0.25) is 0 Å². The molecule has 21 heavy (non-hydrogen) atoms. The zero-order valence-electron chi connectivity index (χ0n) is 13.2. The molecular weight excluding hydrogens is 261 g/mol. The summed E-state index contributed by atoms with van der Waals surface area (Å²) in [6, 6.07) is 2.03. The van der Waals surface area contributed by atoms with Crippen LogP contribution in [0.5, 0.6) is 0 Å². The van der Waals surface area contributed by atoms with Crippen LogP contribution >= 0.6 is 0 Å². The van der Waals surface area contributed by atoms with Gasteiger partial charge in [0.15, 0.2) is 0 Å². The molecule has 4 heteroatoms. The lowest BCUT2D eigenvalue weighted by molar-refractivity contribution is 0.00578. The molecule has 0 N–H and O–H groups in total. The van der Waals surface area contributed by atoms with E-state index in [1.807, 2.05) is 30.5 Å². The summed E-state index contributed by atoms with van der Waals surface area (Å²) in [5.41, 5.74) is 0.431. The second kappa shape index (κ2) is 5.97. The highest BCUT2D eigenvalue weighted by molar-refractivity contribution is 6.62. The van der Waals surface area contributed by atoms with Gasteiger partial charge in [-0.15, -0.1) is 6.42 Å². The Bertz CT molecular complexity index is 574. The Morgan fingerprint density at radius 3 is 2.52 bits per heavy atom. The van der Waals surface area contributed by atoms with E-state index in [-0.39, 0.29) is 18.3 Å². The molecule has 1 aromatic heterocycles. The van der Waals surface area contributed by atoms with Gasteiger partial charge in [-0.2, -0.15) is 0 Å². The molecule has 3 nitrogen and oxygen atoms in total. The second-order valence-electron chi connectivity index (χ2n) is 6.18. The molecule has 0 bridgehead atoms. The smallest absolute Gasteiger partial charge is 0.399 e. The summed E-state index contributed by atoms with van der Waals surface area (Å²) in [6.07, 6.45) is 16.7. The summed E-state index contributed by atoms with van der Waals surface area (Å²) in [7, 11) is -0.304. The van der Waals surface area contributed by atoms with Crippen LogP contribution in [-0.2, 0) is 15.9 Å². The zero-order chi connectivity index (χ0) is 15.5. The first-order chi connectivity index (χ1) is 9.86. The number of terminal acetylenes is 1. The summed E-state index contributed by atoms with van der Waals surface area (Å²) in [5, 5.41) is 0. The molecule has 0 aromatic carbocycles. The highest BCUT2D eigenvalue weighted by Crippen LogP contribution is 2.36. The lowest BCUT2D eigenvalue weighted by Crippen LogP contribution is -2.41. The van der Waals surface area contributed by atoms with Crippen LogP contribution < -0.4 is 5.46 Å². The average Bonchev–Trinajstić information content (AvgIpc) is 2.93. The minimum atomic E-state index is -0.306. The van der Waals surface area contributed by atoms with E-state index in [9.17, 15) is 0 Å². The fourth-order valence-corrected chi connectivity index (χ4v) is 2.06. The lowest BCUT2D eigenvalue weighted by atomic mass is 9.81. The van der Waals surface area contributed by atoms with Crippen LogP contribution in [0.1, 0.15) is 27.7 Å². The lowest BCUT2D eigenvalue weighted by Gasteiger charge is -2.32. The van der Waals surface area contributed by atoms with Crippen molar-refractivity contribution in [3.8, 4) is 12.3 Å². The van der Waals surface area contributed by atoms with Crippen molar-refractivity contribution >= 4 is 12.6 Å². The molecule has 0 radical (unpaired) electrons. The van der Waals surface area contributed by atoms with Gasteiger partial charge in [0.1, 0.15) is 0 Å². The first kappa shape index (κ1) is 15.7. The van der Waals surface area contributed by atoms with Crippen molar-refractivity contribution in [3.63, 3.8) is 0 Å². The molecule has 1 aromatic rings. The van der Waals surface area contributed by atoms with Gasteiger partial charge in [0.05, 0.1) is 11.2 Å². The molecule has 1 aliphatic heterocycles. The first-order valence-electron chi connectivity index (χ1n) is 7.15. The van der Waals surface area contributed by atoms with Crippen LogP contribution in [0.25, 0.3) is 0 Å². The molecule has 0 unspecified atom stereocenters. The van der Waals surface area contributed by atoms with Crippen molar-refractivity contribution < 1.29 is 9.31 Å². The van der Waals surface area contributed by atoms with Crippen molar-refractivity contribution in [2.24, 2.45) is 0 Å². The molecule has 0 amide bonds. The SMILES string of the molecule is C#C/C=C\C=C/Cn1ccc(B2OC(C)(C)C(C)(C)O2)c1. The van der Waals surface area contributed by atoms with Crippen LogP contribution in [-0.4, -0.2) is 22.9 Å². The second-order valence-corrected chi connectivity index (χ2v) is 6.18. The van der Waals surface area contributed by atoms with Gasteiger partial charge in [-0.3, -0.25) is 0 Å². The zero-order valence-corrected chi connectivity index (χ0v) is 13.2. The van der Waals surface area contributed by atoms with Crippen molar-refractivity contribution in [2.75, 3.05) is 0 Å². The Morgan fingerprint density at radius 2 is 1.90 bits per heavy atom. The van der Waals surface area contributed by atoms with Gasteiger partial charge in [-0.25, -0.2) is 0 Å². The van der Waals surface area contributed by atoms with E-state index in [0.29, 0.717) is 0 Å². The van der Waals surface area contributed by atoms with E-state index in [1.165, 1.54) is 0 Å². The number of allylic oxidation sites excluding steroid dienone is 4. The van der Waals surface area contributed by atoms with E-state index in [2.05, 4.69) is 44.4 Å². The summed E-state index contributed by atoms with van der Waals surface area (Å²) in [6.45, 7) is 9.03. The van der Waals surface area contributed by atoms with Gasteiger partial charge >= 0.3 is 7.12 Å². The molecule has 0 aliphatic carbocycles. The highest BCUT2D eigenvalue weighted by atomic mass is 16.7. The third-order valence-electron chi connectivity index (χ3n) is 4.05. The van der Waals surface area contributed by atoms with Gasteiger partial charge in [0, 0.05) is 24.4 Å². The van der Waals surface area contributed by atoms with Crippen LogP contribution in [0.15, 0.2) is 42.8 Å². The van der Waals surface area contributed by atoms with E-state index >= 15 is 0 Å². The topological polar surface area (TPSA) is 23.4 Å². The van der Waals surface area contributed by atoms with Gasteiger partial charge < -0.3 is 13.9 Å². The number of hydrogen-bond donors (Lipinski definition) is 0. The molecular formula is C17H22BNO2. The monoisotopic (exact) mass is 283 g/mol. The molecule has 110 valence electrons. The van der Waals surface area contributed by atoms with Crippen LogP contribution in [0.2, 0.25) is 0 Å². The number of rotatable bonds is 4.